The Morgan fingerprint density at radius 2 is 2.04 bits per heavy atom. The number of hydrogen-bond acceptors (Lipinski definition) is 5. The van der Waals surface area contributed by atoms with E-state index < -0.39 is 0 Å². The molecule has 1 N–H and O–H groups in total. The molecule has 6 nitrogen and oxygen atoms in total. The van der Waals surface area contributed by atoms with Gasteiger partial charge in [0.1, 0.15) is 11.6 Å². The number of nitrogens with zero attached hydrogens (tertiary/aromatic N) is 3. The average molecular weight is 401 g/mol. The standard InChI is InChI=1S/C21H28N4O2S/c1-3-14-25-20(16-8-6-5-7-9-16)23-24-21(25)28-15-19(26)22-17-10-12-18(13-11-17)27-4-2/h3,10-13,16H,1,4-9,14-15H2,2H3,(H,22,26). The SMILES string of the molecule is C=CCn1c(SCC(=O)Nc2ccc(OCC)cc2)nnc1C1CCCCC1. The highest BCUT2D eigenvalue weighted by atomic mass is 32.2. The Morgan fingerprint density at radius 3 is 2.71 bits per heavy atom. The molecule has 1 heterocycles. The van der Waals surface area contributed by atoms with E-state index in [1.807, 2.05) is 37.3 Å². The van der Waals surface area contributed by atoms with E-state index in [1.54, 1.807) is 0 Å². The molecule has 0 aliphatic heterocycles. The zero-order chi connectivity index (χ0) is 19.8. The molecule has 2 aromatic rings. The van der Waals surface area contributed by atoms with Crippen molar-refractivity contribution in [3.05, 3.63) is 42.7 Å². The Bertz CT molecular complexity index is 782. The minimum absolute atomic E-state index is 0.0680. The molecule has 150 valence electrons. The van der Waals surface area contributed by atoms with Crippen molar-refractivity contribution in [1.29, 1.82) is 0 Å². The Kier molecular flexibility index (Phi) is 7.54. The number of allylic oxidation sites excluding steroid dienone is 1. The summed E-state index contributed by atoms with van der Waals surface area (Å²) in [6, 6.07) is 7.39. The lowest BCUT2D eigenvalue weighted by molar-refractivity contribution is -0.113. The van der Waals surface area contributed by atoms with Gasteiger partial charge in [-0.25, -0.2) is 0 Å². The first-order valence-electron chi connectivity index (χ1n) is 9.90. The molecule has 1 aliphatic rings. The van der Waals surface area contributed by atoms with Gasteiger partial charge in [-0.1, -0.05) is 37.1 Å². The number of anilines is 1. The van der Waals surface area contributed by atoms with Crippen LogP contribution in [0.2, 0.25) is 0 Å². The van der Waals surface area contributed by atoms with Crippen LogP contribution in [0.15, 0.2) is 42.1 Å². The highest BCUT2D eigenvalue weighted by Crippen LogP contribution is 2.33. The topological polar surface area (TPSA) is 69.0 Å². The van der Waals surface area contributed by atoms with Crippen molar-refractivity contribution in [1.82, 2.24) is 14.8 Å². The zero-order valence-corrected chi connectivity index (χ0v) is 17.2. The van der Waals surface area contributed by atoms with E-state index in [0.29, 0.717) is 19.1 Å². The summed E-state index contributed by atoms with van der Waals surface area (Å²) in [6.45, 7) is 7.09. The van der Waals surface area contributed by atoms with Crippen molar-refractivity contribution in [2.24, 2.45) is 0 Å². The van der Waals surface area contributed by atoms with E-state index in [2.05, 4.69) is 26.7 Å². The van der Waals surface area contributed by atoms with E-state index >= 15 is 0 Å². The summed E-state index contributed by atoms with van der Waals surface area (Å²) in [4.78, 5) is 12.3. The number of nitrogens with one attached hydrogen (secondary N) is 1. The van der Waals surface area contributed by atoms with Crippen molar-refractivity contribution < 1.29 is 9.53 Å². The average Bonchev–Trinajstić information content (AvgIpc) is 3.12. The van der Waals surface area contributed by atoms with Gasteiger partial charge in [-0.15, -0.1) is 16.8 Å². The zero-order valence-electron chi connectivity index (χ0n) is 16.4. The Balaban J connectivity index is 1.59. The van der Waals surface area contributed by atoms with E-state index in [-0.39, 0.29) is 11.7 Å². The van der Waals surface area contributed by atoms with Crippen molar-refractivity contribution >= 4 is 23.4 Å². The Labute approximate surface area is 170 Å². The van der Waals surface area contributed by atoms with Crippen LogP contribution in [0.4, 0.5) is 5.69 Å². The summed E-state index contributed by atoms with van der Waals surface area (Å²) < 4.78 is 7.53. The molecule has 1 saturated carbocycles. The van der Waals surface area contributed by atoms with Crippen molar-refractivity contribution in [3.8, 4) is 5.75 Å². The van der Waals surface area contributed by atoms with Crippen LogP contribution in [0.3, 0.4) is 0 Å². The van der Waals surface area contributed by atoms with Crippen LogP contribution in [-0.4, -0.2) is 33.0 Å². The first-order chi connectivity index (χ1) is 13.7. The fourth-order valence-electron chi connectivity index (χ4n) is 3.50. The van der Waals surface area contributed by atoms with Crippen molar-refractivity contribution in [3.63, 3.8) is 0 Å². The monoisotopic (exact) mass is 400 g/mol. The van der Waals surface area contributed by atoms with Crippen LogP contribution in [0.5, 0.6) is 5.75 Å². The number of carbonyl (C=O) groups excluding carboxylic acids is 1. The van der Waals surface area contributed by atoms with Crippen LogP contribution in [-0.2, 0) is 11.3 Å². The summed E-state index contributed by atoms with van der Waals surface area (Å²) in [7, 11) is 0. The maximum atomic E-state index is 12.3. The van der Waals surface area contributed by atoms with Gasteiger partial charge < -0.3 is 14.6 Å². The molecule has 0 spiro atoms. The second-order valence-corrected chi connectivity index (χ2v) is 7.81. The molecule has 1 fully saturated rings. The molecule has 0 unspecified atom stereocenters. The lowest BCUT2D eigenvalue weighted by atomic mass is 9.89. The molecule has 7 heteroatoms. The first kappa shape index (κ1) is 20.5. The molecule has 1 aromatic heterocycles. The van der Waals surface area contributed by atoms with Gasteiger partial charge in [-0.3, -0.25) is 4.79 Å². The summed E-state index contributed by atoms with van der Waals surface area (Å²) >= 11 is 1.42. The van der Waals surface area contributed by atoms with E-state index in [4.69, 9.17) is 4.74 Å². The lowest BCUT2D eigenvalue weighted by Gasteiger charge is -2.21. The van der Waals surface area contributed by atoms with E-state index in [9.17, 15) is 4.79 Å². The summed E-state index contributed by atoms with van der Waals surface area (Å²) in [6.07, 6.45) is 7.99. The number of aromatic nitrogens is 3. The fourth-order valence-corrected chi connectivity index (χ4v) is 4.25. The lowest BCUT2D eigenvalue weighted by Crippen LogP contribution is -2.15. The largest absolute Gasteiger partial charge is 0.494 e. The van der Waals surface area contributed by atoms with Gasteiger partial charge >= 0.3 is 0 Å². The number of amides is 1. The summed E-state index contributed by atoms with van der Waals surface area (Å²) in [5, 5.41) is 12.5. The smallest absolute Gasteiger partial charge is 0.234 e. The Morgan fingerprint density at radius 1 is 1.29 bits per heavy atom. The Hall–Kier alpha value is -2.28. The molecular formula is C21H28N4O2S. The fraction of sp³-hybridized carbons (Fsp3) is 0.476. The van der Waals surface area contributed by atoms with Gasteiger partial charge in [0.15, 0.2) is 5.16 Å². The van der Waals surface area contributed by atoms with E-state index in [0.717, 1.165) is 35.3 Å². The van der Waals surface area contributed by atoms with Gasteiger partial charge in [0.2, 0.25) is 5.91 Å². The number of ether oxygens (including phenoxy) is 1. The molecule has 1 amide bonds. The molecule has 1 aromatic carbocycles. The van der Waals surface area contributed by atoms with Crippen LogP contribution in [0.25, 0.3) is 0 Å². The molecule has 0 bridgehead atoms. The number of hydrogen-bond donors (Lipinski definition) is 1. The number of rotatable bonds is 9. The summed E-state index contributed by atoms with van der Waals surface area (Å²) in [5.41, 5.74) is 0.754. The molecule has 0 atom stereocenters. The van der Waals surface area contributed by atoms with Gasteiger partial charge in [0, 0.05) is 18.2 Å². The first-order valence-corrected chi connectivity index (χ1v) is 10.9. The molecule has 1 aliphatic carbocycles. The van der Waals surface area contributed by atoms with Crippen LogP contribution in [0, 0.1) is 0 Å². The van der Waals surface area contributed by atoms with Crippen molar-refractivity contribution in [2.45, 2.75) is 56.6 Å². The highest BCUT2D eigenvalue weighted by molar-refractivity contribution is 7.99. The van der Waals surface area contributed by atoms with E-state index in [1.165, 1.54) is 31.0 Å². The van der Waals surface area contributed by atoms with Crippen LogP contribution >= 0.6 is 11.8 Å². The van der Waals surface area contributed by atoms with Gasteiger partial charge in [0.25, 0.3) is 0 Å². The van der Waals surface area contributed by atoms with Gasteiger partial charge in [-0.05, 0) is 44.0 Å². The molecule has 3 rings (SSSR count). The molecular weight excluding hydrogens is 372 g/mol. The molecule has 28 heavy (non-hydrogen) atoms. The quantitative estimate of drug-likeness (QED) is 0.490. The van der Waals surface area contributed by atoms with Gasteiger partial charge in [0.05, 0.1) is 12.4 Å². The normalized spacial score (nSPS) is 14.6. The third kappa shape index (κ3) is 5.38. The van der Waals surface area contributed by atoms with Crippen LogP contribution < -0.4 is 10.1 Å². The van der Waals surface area contributed by atoms with Crippen molar-refractivity contribution in [2.75, 3.05) is 17.7 Å². The number of thioether (sulfide) groups is 1. The third-order valence-corrected chi connectivity index (χ3v) is 5.78. The predicted octanol–water partition coefficient (Wildman–Crippen LogP) is 4.64. The minimum atomic E-state index is -0.0680. The third-order valence-electron chi connectivity index (χ3n) is 4.81. The number of carbonyl (C=O) groups is 1. The second kappa shape index (κ2) is 10.3. The maximum Gasteiger partial charge on any atom is 0.234 e. The second-order valence-electron chi connectivity index (χ2n) is 6.87. The maximum absolute atomic E-state index is 12.3. The minimum Gasteiger partial charge on any atom is -0.494 e. The highest BCUT2D eigenvalue weighted by Gasteiger charge is 2.23. The molecule has 0 saturated heterocycles. The predicted molar refractivity (Wildman–Crippen MR) is 113 cm³/mol. The van der Waals surface area contributed by atoms with Gasteiger partial charge in [-0.2, -0.15) is 0 Å². The summed E-state index contributed by atoms with van der Waals surface area (Å²) in [5.74, 6) is 2.51. The van der Waals surface area contributed by atoms with Crippen LogP contribution in [0.1, 0.15) is 50.8 Å². The molecule has 0 radical (unpaired) electrons. The number of benzene rings is 1.